The van der Waals surface area contributed by atoms with Crippen LogP contribution in [0.1, 0.15) is 19.3 Å². The number of hydrogen-bond acceptors (Lipinski definition) is 5. The quantitative estimate of drug-likeness (QED) is 0.688. The van der Waals surface area contributed by atoms with E-state index in [1.54, 1.807) is 7.11 Å². The van der Waals surface area contributed by atoms with E-state index in [1.165, 1.54) is 25.8 Å². The first-order chi connectivity index (χ1) is 9.70. The van der Waals surface area contributed by atoms with E-state index in [4.69, 9.17) is 9.47 Å². The molecule has 2 fully saturated rings. The zero-order chi connectivity index (χ0) is 14.4. The summed E-state index contributed by atoms with van der Waals surface area (Å²) in [4.78, 5) is 4.93. The van der Waals surface area contributed by atoms with Crippen molar-refractivity contribution in [1.82, 2.24) is 9.80 Å². The van der Waals surface area contributed by atoms with E-state index in [0.717, 1.165) is 31.6 Å². The maximum Gasteiger partial charge on any atom is 0.0900 e. The molecular weight excluding hydrogens is 256 g/mol. The van der Waals surface area contributed by atoms with Crippen LogP contribution in [0.5, 0.6) is 0 Å². The van der Waals surface area contributed by atoms with Crippen molar-refractivity contribution in [3.05, 3.63) is 0 Å². The van der Waals surface area contributed by atoms with Gasteiger partial charge in [-0.3, -0.25) is 0 Å². The second-order valence-corrected chi connectivity index (χ2v) is 6.22. The van der Waals surface area contributed by atoms with Gasteiger partial charge < -0.3 is 24.4 Å². The summed E-state index contributed by atoms with van der Waals surface area (Å²) in [5.41, 5.74) is 0. The maximum atomic E-state index is 10.0. The van der Waals surface area contributed by atoms with Crippen LogP contribution < -0.4 is 0 Å². The third-order valence-corrected chi connectivity index (χ3v) is 4.64. The molecule has 3 unspecified atom stereocenters. The van der Waals surface area contributed by atoms with Crippen LogP contribution in [0.15, 0.2) is 0 Å². The molecule has 0 saturated carbocycles. The van der Waals surface area contributed by atoms with E-state index in [1.807, 2.05) is 0 Å². The maximum absolute atomic E-state index is 10.0. The third kappa shape index (κ3) is 4.67. The van der Waals surface area contributed by atoms with Crippen LogP contribution in [0, 0.1) is 5.92 Å². The Bertz CT molecular complexity index is 278. The molecule has 0 aromatic carbocycles. The summed E-state index contributed by atoms with van der Waals surface area (Å²) in [5.74, 6) is 0.782. The molecule has 0 bridgehead atoms. The smallest absolute Gasteiger partial charge is 0.0900 e. The number of aliphatic hydroxyl groups excluding tert-OH is 1. The van der Waals surface area contributed by atoms with Crippen molar-refractivity contribution in [1.29, 1.82) is 0 Å². The summed E-state index contributed by atoms with van der Waals surface area (Å²) in [7, 11) is 3.91. The average molecular weight is 286 g/mol. The molecule has 0 aromatic rings. The topological polar surface area (TPSA) is 45.2 Å². The van der Waals surface area contributed by atoms with E-state index in [2.05, 4.69) is 16.8 Å². The molecule has 0 aliphatic carbocycles. The van der Waals surface area contributed by atoms with Crippen molar-refractivity contribution in [3.63, 3.8) is 0 Å². The van der Waals surface area contributed by atoms with Gasteiger partial charge in [-0.1, -0.05) is 0 Å². The number of aliphatic hydroxyl groups is 1. The molecule has 20 heavy (non-hydrogen) atoms. The molecule has 3 atom stereocenters. The zero-order valence-corrected chi connectivity index (χ0v) is 13.0. The fourth-order valence-electron chi connectivity index (χ4n) is 3.61. The summed E-state index contributed by atoms with van der Waals surface area (Å²) in [6.45, 7) is 5.77. The monoisotopic (exact) mass is 286 g/mol. The Balaban J connectivity index is 1.67. The van der Waals surface area contributed by atoms with Crippen LogP contribution in [-0.4, -0.2) is 87.2 Å². The molecule has 1 N–H and O–H groups in total. The minimum absolute atomic E-state index is 0.385. The number of methoxy groups -OCH3 is 1. The molecule has 0 spiro atoms. The van der Waals surface area contributed by atoms with Gasteiger partial charge in [-0.25, -0.2) is 0 Å². The lowest BCUT2D eigenvalue weighted by Gasteiger charge is -2.46. The predicted molar refractivity (Wildman–Crippen MR) is 78.9 cm³/mol. The summed E-state index contributed by atoms with van der Waals surface area (Å²) in [5, 5.41) is 10.0. The van der Waals surface area contributed by atoms with Crippen LogP contribution in [0.2, 0.25) is 0 Å². The van der Waals surface area contributed by atoms with Gasteiger partial charge in [0.15, 0.2) is 0 Å². The van der Waals surface area contributed by atoms with Crippen molar-refractivity contribution in [2.75, 3.05) is 60.2 Å². The van der Waals surface area contributed by atoms with Gasteiger partial charge in [-0.15, -0.1) is 0 Å². The van der Waals surface area contributed by atoms with E-state index < -0.39 is 0 Å². The molecule has 2 rings (SSSR count). The minimum Gasteiger partial charge on any atom is -0.389 e. The Kier molecular flexibility index (Phi) is 6.71. The Morgan fingerprint density at radius 3 is 2.90 bits per heavy atom. The van der Waals surface area contributed by atoms with Gasteiger partial charge in [0.25, 0.3) is 0 Å². The Morgan fingerprint density at radius 1 is 1.25 bits per heavy atom. The molecule has 2 aliphatic heterocycles. The molecule has 2 aliphatic rings. The number of nitrogens with zero attached hydrogens (tertiary/aromatic N) is 2. The standard InChI is InChI=1S/C15H30N2O3/c1-16-6-3-4-13-10-17(7-5-15(13)16)11-14(18)12-20-9-8-19-2/h13-15,18H,3-12H2,1-2H3. The van der Waals surface area contributed by atoms with Crippen LogP contribution in [0.25, 0.3) is 0 Å². The second kappa shape index (κ2) is 8.29. The normalized spacial score (nSPS) is 30.1. The average Bonchev–Trinajstić information content (AvgIpc) is 2.44. The molecular formula is C15H30N2O3. The van der Waals surface area contributed by atoms with Crippen LogP contribution in [-0.2, 0) is 9.47 Å². The highest BCUT2D eigenvalue weighted by molar-refractivity contribution is 4.89. The lowest BCUT2D eigenvalue weighted by molar-refractivity contribution is -0.0195. The van der Waals surface area contributed by atoms with Crippen molar-refractivity contribution in [3.8, 4) is 0 Å². The van der Waals surface area contributed by atoms with Gasteiger partial charge >= 0.3 is 0 Å². The highest BCUT2D eigenvalue weighted by Crippen LogP contribution is 2.29. The molecule has 5 nitrogen and oxygen atoms in total. The Morgan fingerprint density at radius 2 is 2.10 bits per heavy atom. The second-order valence-electron chi connectivity index (χ2n) is 6.22. The fourth-order valence-corrected chi connectivity index (χ4v) is 3.61. The SMILES string of the molecule is COCCOCC(O)CN1CCC2C(CCCN2C)C1. The van der Waals surface area contributed by atoms with Gasteiger partial charge in [0.05, 0.1) is 25.9 Å². The summed E-state index contributed by atoms with van der Waals surface area (Å²) in [6, 6.07) is 0.759. The molecule has 118 valence electrons. The van der Waals surface area contributed by atoms with Crippen molar-refractivity contribution in [2.45, 2.75) is 31.4 Å². The summed E-state index contributed by atoms with van der Waals surface area (Å²) >= 11 is 0. The number of likely N-dealkylation sites (tertiary alicyclic amines) is 2. The molecule has 0 amide bonds. The first kappa shape index (κ1) is 16.2. The van der Waals surface area contributed by atoms with E-state index in [9.17, 15) is 5.11 Å². The van der Waals surface area contributed by atoms with Crippen LogP contribution >= 0.6 is 0 Å². The van der Waals surface area contributed by atoms with Crippen LogP contribution in [0.3, 0.4) is 0 Å². The number of hydrogen-bond donors (Lipinski definition) is 1. The van der Waals surface area contributed by atoms with Gasteiger partial charge in [-0.2, -0.15) is 0 Å². The lowest BCUT2D eigenvalue weighted by atomic mass is 9.84. The molecule has 0 aromatic heterocycles. The van der Waals surface area contributed by atoms with Crippen molar-refractivity contribution >= 4 is 0 Å². The largest absolute Gasteiger partial charge is 0.389 e. The molecule has 0 radical (unpaired) electrons. The van der Waals surface area contributed by atoms with Gasteiger partial charge in [-0.05, 0) is 45.3 Å². The van der Waals surface area contributed by atoms with Crippen molar-refractivity contribution in [2.24, 2.45) is 5.92 Å². The first-order valence-electron chi connectivity index (χ1n) is 7.88. The first-order valence-corrected chi connectivity index (χ1v) is 7.88. The minimum atomic E-state index is -0.385. The number of piperidine rings is 2. The molecule has 2 saturated heterocycles. The summed E-state index contributed by atoms with van der Waals surface area (Å²) in [6.07, 6.45) is 3.50. The lowest BCUT2D eigenvalue weighted by Crippen LogP contribution is -2.53. The van der Waals surface area contributed by atoms with E-state index >= 15 is 0 Å². The Hall–Kier alpha value is -0.200. The highest BCUT2D eigenvalue weighted by Gasteiger charge is 2.34. The highest BCUT2D eigenvalue weighted by atomic mass is 16.5. The zero-order valence-electron chi connectivity index (χ0n) is 13.0. The van der Waals surface area contributed by atoms with E-state index in [-0.39, 0.29) is 6.10 Å². The third-order valence-electron chi connectivity index (χ3n) is 4.64. The van der Waals surface area contributed by atoms with Crippen molar-refractivity contribution < 1.29 is 14.6 Å². The number of β-amino-alcohol motifs (C(OH)–C–C–N with tert-alkyl or cyclic N) is 1. The van der Waals surface area contributed by atoms with Gasteiger partial charge in [0.2, 0.25) is 0 Å². The number of rotatable bonds is 7. The van der Waals surface area contributed by atoms with Gasteiger partial charge in [0, 0.05) is 26.2 Å². The fraction of sp³-hybridized carbons (Fsp3) is 1.00. The Labute approximate surface area is 122 Å². The number of ether oxygens (including phenoxy) is 2. The number of fused-ring (bicyclic) bond motifs is 1. The van der Waals surface area contributed by atoms with Gasteiger partial charge in [0.1, 0.15) is 0 Å². The van der Waals surface area contributed by atoms with Crippen LogP contribution in [0.4, 0.5) is 0 Å². The molecule has 5 heteroatoms. The summed E-state index contributed by atoms with van der Waals surface area (Å²) < 4.78 is 10.3. The van der Waals surface area contributed by atoms with E-state index in [0.29, 0.717) is 19.8 Å². The molecule has 2 heterocycles. The predicted octanol–water partition coefficient (Wildman–Crippen LogP) is 0.426.